The maximum absolute atomic E-state index is 12.4. The van der Waals surface area contributed by atoms with Crippen LogP contribution in [0.15, 0.2) is 48.7 Å². The number of benzene rings is 1. The van der Waals surface area contributed by atoms with Crippen molar-refractivity contribution < 1.29 is 9.59 Å². The van der Waals surface area contributed by atoms with E-state index in [1.807, 2.05) is 35.2 Å². The van der Waals surface area contributed by atoms with Crippen molar-refractivity contribution in [2.24, 2.45) is 5.92 Å². The van der Waals surface area contributed by atoms with Gasteiger partial charge in [-0.3, -0.25) is 9.59 Å². The summed E-state index contributed by atoms with van der Waals surface area (Å²) in [5.74, 6) is 1.63. The molecule has 1 fully saturated rings. The number of rotatable bonds is 10. The zero-order valence-electron chi connectivity index (χ0n) is 19.4. The fraction of sp³-hybridized carbons (Fsp3) is 0.500. The molecule has 3 rings (SSSR count). The Morgan fingerprint density at radius 2 is 1.81 bits per heavy atom. The summed E-state index contributed by atoms with van der Waals surface area (Å²) in [6, 6.07) is 14.0. The van der Waals surface area contributed by atoms with E-state index < -0.39 is 0 Å². The number of amides is 2. The third kappa shape index (κ3) is 7.08. The van der Waals surface area contributed by atoms with Crippen molar-refractivity contribution >= 4 is 17.6 Å². The number of aryl methyl sites for hydroxylation is 1. The van der Waals surface area contributed by atoms with Crippen LogP contribution in [-0.4, -0.2) is 54.4 Å². The molecule has 1 aliphatic heterocycles. The van der Waals surface area contributed by atoms with E-state index in [0.29, 0.717) is 24.4 Å². The third-order valence-electron chi connectivity index (χ3n) is 6.28. The SMILES string of the molecule is CCC(C)CCC(=O)N1CCN(c2ccc(C(=O)NCCCc3ccccc3)cn2)CC1. The second-order valence-corrected chi connectivity index (χ2v) is 8.67. The van der Waals surface area contributed by atoms with Crippen LogP contribution >= 0.6 is 0 Å². The number of nitrogens with one attached hydrogen (secondary N) is 1. The predicted octanol–water partition coefficient (Wildman–Crippen LogP) is 3.92. The van der Waals surface area contributed by atoms with E-state index in [2.05, 4.69) is 41.2 Å². The van der Waals surface area contributed by atoms with E-state index in [1.54, 1.807) is 6.20 Å². The molecule has 0 bridgehead atoms. The lowest BCUT2D eigenvalue weighted by atomic mass is 10.0. The molecule has 0 spiro atoms. The molecule has 1 atom stereocenters. The number of pyridine rings is 1. The number of piperazine rings is 1. The van der Waals surface area contributed by atoms with Gasteiger partial charge in [-0.15, -0.1) is 0 Å². The lowest BCUT2D eigenvalue weighted by Gasteiger charge is -2.35. The highest BCUT2D eigenvalue weighted by Crippen LogP contribution is 2.16. The van der Waals surface area contributed by atoms with Crippen molar-refractivity contribution in [1.29, 1.82) is 0 Å². The van der Waals surface area contributed by atoms with E-state index in [-0.39, 0.29) is 11.8 Å². The van der Waals surface area contributed by atoms with Gasteiger partial charge in [0.25, 0.3) is 5.91 Å². The van der Waals surface area contributed by atoms with Gasteiger partial charge in [0.1, 0.15) is 5.82 Å². The Bertz CT molecular complexity index is 846. The number of anilines is 1. The second-order valence-electron chi connectivity index (χ2n) is 8.67. The molecule has 0 aliphatic carbocycles. The highest BCUT2D eigenvalue weighted by atomic mass is 16.2. The smallest absolute Gasteiger partial charge is 0.252 e. The Kier molecular flexibility index (Phi) is 9.08. The number of hydrogen-bond donors (Lipinski definition) is 1. The van der Waals surface area contributed by atoms with Gasteiger partial charge in [-0.1, -0.05) is 50.6 Å². The largest absolute Gasteiger partial charge is 0.353 e. The minimum Gasteiger partial charge on any atom is -0.353 e. The molecule has 1 saturated heterocycles. The van der Waals surface area contributed by atoms with Gasteiger partial charge in [0, 0.05) is 45.3 Å². The lowest BCUT2D eigenvalue weighted by Crippen LogP contribution is -2.49. The minimum absolute atomic E-state index is 0.0890. The third-order valence-corrected chi connectivity index (χ3v) is 6.28. The molecule has 2 amide bonds. The van der Waals surface area contributed by atoms with Crippen LogP contribution in [0.5, 0.6) is 0 Å². The summed E-state index contributed by atoms with van der Waals surface area (Å²) >= 11 is 0. The topological polar surface area (TPSA) is 65.5 Å². The lowest BCUT2D eigenvalue weighted by molar-refractivity contribution is -0.131. The van der Waals surface area contributed by atoms with Gasteiger partial charge >= 0.3 is 0 Å². The van der Waals surface area contributed by atoms with Crippen LogP contribution < -0.4 is 10.2 Å². The van der Waals surface area contributed by atoms with Crippen molar-refractivity contribution in [2.75, 3.05) is 37.6 Å². The van der Waals surface area contributed by atoms with Gasteiger partial charge in [0.2, 0.25) is 5.91 Å². The molecule has 6 nitrogen and oxygen atoms in total. The van der Waals surface area contributed by atoms with Crippen molar-refractivity contribution in [1.82, 2.24) is 15.2 Å². The molecule has 1 unspecified atom stereocenters. The van der Waals surface area contributed by atoms with Crippen LogP contribution in [0.25, 0.3) is 0 Å². The Morgan fingerprint density at radius 3 is 2.47 bits per heavy atom. The fourth-order valence-electron chi connectivity index (χ4n) is 3.87. The van der Waals surface area contributed by atoms with Gasteiger partial charge in [0.15, 0.2) is 0 Å². The van der Waals surface area contributed by atoms with Crippen molar-refractivity contribution in [3.8, 4) is 0 Å². The standard InChI is InChI=1S/C26H36N4O2/c1-3-21(2)11-14-25(31)30-18-16-29(17-19-30)24-13-12-23(20-28-24)26(32)27-15-7-10-22-8-5-4-6-9-22/h4-6,8-9,12-13,20-21H,3,7,10-11,14-19H2,1-2H3,(H,27,32). The Balaban J connectivity index is 1.39. The summed E-state index contributed by atoms with van der Waals surface area (Å²) < 4.78 is 0. The summed E-state index contributed by atoms with van der Waals surface area (Å²) in [5.41, 5.74) is 1.86. The molecule has 1 aromatic heterocycles. The highest BCUT2D eigenvalue weighted by molar-refractivity contribution is 5.94. The normalized spacial score (nSPS) is 14.8. The highest BCUT2D eigenvalue weighted by Gasteiger charge is 2.22. The van der Waals surface area contributed by atoms with E-state index in [4.69, 9.17) is 0 Å². The van der Waals surface area contributed by atoms with Gasteiger partial charge in [0.05, 0.1) is 5.56 Å². The molecule has 1 N–H and O–H groups in total. The summed E-state index contributed by atoms with van der Waals surface area (Å²) in [5, 5.41) is 2.97. The minimum atomic E-state index is -0.0890. The second kappa shape index (κ2) is 12.2. The van der Waals surface area contributed by atoms with Crippen LogP contribution in [0.1, 0.15) is 55.5 Å². The molecule has 0 radical (unpaired) electrons. The Labute approximate surface area is 192 Å². The van der Waals surface area contributed by atoms with Crippen LogP contribution in [0, 0.1) is 5.92 Å². The average Bonchev–Trinajstić information content (AvgIpc) is 2.85. The van der Waals surface area contributed by atoms with Gasteiger partial charge < -0.3 is 15.1 Å². The Hall–Kier alpha value is -2.89. The van der Waals surface area contributed by atoms with Crippen LogP contribution in [0.4, 0.5) is 5.82 Å². The predicted molar refractivity (Wildman–Crippen MR) is 129 cm³/mol. The molecule has 2 heterocycles. The van der Waals surface area contributed by atoms with Crippen molar-refractivity contribution in [3.63, 3.8) is 0 Å². The van der Waals surface area contributed by atoms with Crippen LogP contribution in [-0.2, 0) is 11.2 Å². The number of hydrogen-bond acceptors (Lipinski definition) is 4. The van der Waals surface area contributed by atoms with E-state index in [1.165, 1.54) is 5.56 Å². The van der Waals surface area contributed by atoms with Crippen molar-refractivity contribution in [3.05, 3.63) is 59.8 Å². The Morgan fingerprint density at radius 1 is 1.06 bits per heavy atom. The molecule has 1 aromatic carbocycles. The van der Waals surface area contributed by atoms with Gasteiger partial charge in [-0.2, -0.15) is 0 Å². The average molecular weight is 437 g/mol. The first-order valence-electron chi connectivity index (χ1n) is 11.9. The van der Waals surface area contributed by atoms with Crippen molar-refractivity contribution in [2.45, 2.75) is 46.0 Å². The summed E-state index contributed by atoms with van der Waals surface area (Å²) in [6.45, 7) is 8.01. The maximum atomic E-state index is 12.4. The van der Waals surface area contributed by atoms with E-state index in [9.17, 15) is 9.59 Å². The van der Waals surface area contributed by atoms with Crippen LogP contribution in [0.2, 0.25) is 0 Å². The summed E-state index contributed by atoms with van der Waals surface area (Å²) in [4.78, 5) is 33.5. The number of carbonyl (C=O) groups excluding carboxylic acids is 2. The molecular weight excluding hydrogens is 400 g/mol. The number of aromatic nitrogens is 1. The quantitative estimate of drug-likeness (QED) is 0.574. The molecule has 1 aliphatic rings. The number of nitrogens with zero attached hydrogens (tertiary/aromatic N) is 3. The van der Waals surface area contributed by atoms with Gasteiger partial charge in [-0.25, -0.2) is 4.98 Å². The van der Waals surface area contributed by atoms with E-state index in [0.717, 1.165) is 57.7 Å². The molecule has 0 saturated carbocycles. The fourth-order valence-corrected chi connectivity index (χ4v) is 3.87. The van der Waals surface area contributed by atoms with E-state index >= 15 is 0 Å². The summed E-state index contributed by atoms with van der Waals surface area (Å²) in [7, 11) is 0. The summed E-state index contributed by atoms with van der Waals surface area (Å²) in [6.07, 6.45) is 6.22. The molecule has 32 heavy (non-hydrogen) atoms. The first-order valence-corrected chi connectivity index (χ1v) is 11.9. The maximum Gasteiger partial charge on any atom is 0.252 e. The molecule has 6 heteroatoms. The van der Waals surface area contributed by atoms with Crippen LogP contribution in [0.3, 0.4) is 0 Å². The first kappa shape index (κ1) is 23.8. The monoisotopic (exact) mass is 436 g/mol. The molecular formula is C26H36N4O2. The molecule has 172 valence electrons. The molecule has 2 aromatic rings. The zero-order valence-corrected chi connectivity index (χ0v) is 19.4. The zero-order chi connectivity index (χ0) is 22.8. The van der Waals surface area contributed by atoms with Gasteiger partial charge in [-0.05, 0) is 42.9 Å². The number of carbonyl (C=O) groups is 2. The first-order chi connectivity index (χ1) is 15.6.